The second kappa shape index (κ2) is 5.72. The Morgan fingerprint density at radius 2 is 1.95 bits per heavy atom. The van der Waals surface area contributed by atoms with Gasteiger partial charge in [0.2, 0.25) is 0 Å². The van der Waals surface area contributed by atoms with Crippen LogP contribution in [0.2, 0.25) is 10.0 Å². The molecule has 0 saturated carbocycles. The molecule has 3 amide bonds. The second-order valence-corrected chi connectivity index (χ2v) is 6.87. The van der Waals surface area contributed by atoms with E-state index in [1.807, 2.05) is 0 Å². The summed E-state index contributed by atoms with van der Waals surface area (Å²) in [7, 11) is 0. The number of urea groups is 1. The van der Waals surface area contributed by atoms with Gasteiger partial charge >= 0.3 is 6.03 Å². The molecule has 0 aromatic heterocycles. The van der Waals surface area contributed by atoms with Gasteiger partial charge in [-0.2, -0.15) is 0 Å². The summed E-state index contributed by atoms with van der Waals surface area (Å²) in [6.45, 7) is 4.08. The summed E-state index contributed by atoms with van der Waals surface area (Å²) in [5.74, 6) is -0.263. The zero-order valence-electron chi connectivity index (χ0n) is 12.3. The van der Waals surface area contributed by atoms with Crippen LogP contribution < -0.4 is 10.2 Å². The van der Waals surface area contributed by atoms with E-state index in [9.17, 15) is 9.59 Å². The number of likely N-dealkylation sites (tertiary alicyclic amines) is 1. The number of nitrogens with one attached hydrogen (secondary N) is 2. The summed E-state index contributed by atoms with van der Waals surface area (Å²) in [4.78, 5) is 27.6. The minimum atomic E-state index is -1.14. The number of imide groups is 1. The van der Waals surface area contributed by atoms with Gasteiger partial charge in [0, 0.05) is 28.5 Å². The maximum absolute atomic E-state index is 12.8. The molecule has 3 rings (SSSR count). The fourth-order valence-electron chi connectivity index (χ4n) is 3.17. The minimum Gasteiger partial charge on any atom is -0.319 e. The van der Waals surface area contributed by atoms with Crippen LogP contribution >= 0.6 is 23.2 Å². The Bertz CT molecular complexity index is 631. The van der Waals surface area contributed by atoms with Crippen molar-refractivity contribution in [1.29, 1.82) is 0 Å². The molecule has 1 aromatic carbocycles. The maximum atomic E-state index is 12.8. The molecule has 5 nitrogen and oxygen atoms in total. The highest BCUT2D eigenvalue weighted by Gasteiger charge is 2.51. The van der Waals surface area contributed by atoms with Crippen molar-refractivity contribution >= 4 is 35.1 Å². The Kier molecular flexibility index (Phi) is 4.05. The van der Waals surface area contributed by atoms with Gasteiger partial charge in [-0.1, -0.05) is 29.3 Å². The highest BCUT2D eigenvalue weighted by molar-refractivity contribution is 6.35. The number of halogens is 2. The Labute approximate surface area is 139 Å². The number of quaternary nitrogens is 1. The van der Waals surface area contributed by atoms with E-state index in [1.54, 1.807) is 25.1 Å². The molecule has 2 saturated heterocycles. The molecule has 0 radical (unpaired) electrons. The number of rotatable bonds is 3. The van der Waals surface area contributed by atoms with Crippen molar-refractivity contribution in [2.75, 3.05) is 19.8 Å². The molecule has 0 unspecified atom stereocenters. The summed E-state index contributed by atoms with van der Waals surface area (Å²) < 4.78 is 0. The van der Waals surface area contributed by atoms with Crippen LogP contribution in [0.15, 0.2) is 18.2 Å². The van der Waals surface area contributed by atoms with Crippen LogP contribution in [-0.4, -0.2) is 36.6 Å². The highest BCUT2D eigenvalue weighted by Crippen LogP contribution is 2.34. The third-order valence-electron chi connectivity index (χ3n) is 4.44. The fourth-order valence-corrected chi connectivity index (χ4v) is 3.77. The van der Waals surface area contributed by atoms with Gasteiger partial charge in [0.15, 0.2) is 6.67 Å². The largest absolute Gasteiger partial charge is 0.329 e. The molecule has 2 aliphatic heterocycles. The summed E-state index contributed by atoms with van der Waals surface area (Å²) in [5, 5.41) is 3.64. The summed E-state index contributed by atoms with van der Waals surface area (Å²) in [5.41, 5.74) is -0.575. The second-order valence-electron chi connectivity index (χ2n) is 6.03. The standard InChI is InChI=1S/C15H17Cl2N3O2/c1-15(11-5-4-10(16)8-12(11)17)13(21)20(14(22)18-15)9-19-6-2-3-7-19/h4-5,8H,2-3,6-7,9H2,1H3,(H,18,22)/p+1/t15-/m1/s1. The molecule has 1 atom stereocenters. The molecule has 118 valence electrons. The lowest BCUT2D eigenvalue weighted by Gasteiger charge is -2.24. The third kappa shape index (κ3) is 2.57. The lowest BCUT2D eigenvalue weighted by Crippen LogP contribution is -3.11. The molecule has 0 spiro atoms. The zero-order chi connectivity index (χ0) is 15.9. The van der Waals surface area contributed by atoms with Crippen molar-refractivity contribution in [3.05, 3.63) is 33.8 Å². The average molecular weight is 343 g/mol. The van der Waals surface area contributed by atoms with E-state index in [0.717, 1.165) is 25.9 Å². The molecule has 2 heterocycles. The molecule has 2 fully saturated rings. The van der Waals surface area contributed by atoms with Gasteiger partial charge in [0.25, 0.3) is 5.91 Å². The van der Waals surface area contributed by atoms with Crippen molar-refractivity contribution in [3.63, 3.8) is 0 Å². The van der Waals surface area contributed by atoms with Crippen molar-refractivity contribution in [2.45, 2.75) is 25.3 Å². The first-order valence-electron chi connectivity index (χ1n) is 7.35. The summed E-state index contributed by atoms with van der Waals surface area (Å²) in [6, 6.07) is 4.58. The van der Waals surface area contributed by atoms with Crippen molar-refractivity contribution < 1.29 is 14.5 Å². The smallest absolute Gasteiger partial charge is 0.319 e. The van der Waals surface area contributed by atoms with Crippen LogP contribution in [0.1, 0.15) is 25.3 Å². The van der Waals surface area contributed by atoms with E-state index in [1.165, 1.54) is 9.80 Å². The number of amides is 3. The molecular weight excluding hydrogens is 325 g/mol. The van der Waals surface area contributed by atoms with E-state index >= 15 is 0 Å². The molecule has 7 heteroatoms. The molecule has 0 aliphatic carbocycles. The Morgan fingerprint density at radius 1 is 1.27 bits per heavy atom. The Hall–Kier alpha value is -1.30. The molecule has 0 bridgehead atoms. The van der Waals surface area contributed by atoms with Gasteiger partial charge in [0.1, 0.15) is 5.54 Å². The Balaban J connectivity index is 1.88. The summed E-state index contributed by atoms with van der Waals surface area (Å²) in [6.07, 6.45) is 2.28. The number of nitrogens with zero attached hydrogens (tertiary/aromatic N) is 1. The van der Waals surface area contributed by atoms with Gasteiger partial charge in [-0.15, -0.1) is 0 Å². The van der Waals surface area contributed by atoms with E-state index in [-0.39, 0.29) is 11.9 Å². The van der Waals surface area contributed by atoms with Crippen LogP contribution in [0.25, 0.3) is 0 Å². The highest BCUT2D eigenvalue weighted by atomic mass is 35.5. The first-order valence-corrected chi connectivity index (χ1v) is 8.10. The van der Waals surface area contributed by atoms with Gasteiger partial charge in [-0.05, 0) is 19.1 Å². The molecular formula is C15H18Cl2N3O2+. The van der Waals surface area contributed by atoms with Crippen LogP contribution in [-0.2, 0) is 10.3 Å². The fraction of sp³-hybridized carbons (Fsp3) is 0.467. The topological polar surface area (TPSA) is 53.9 Å². The maximum Gasteiger partial charge on any atom is 0.329 e. The van der Waals surface area contributed by atoms with Crippen molar-refractivity contribution in [2.24, 2.45) is 0 Å². The number of hydrogen-bond donors (Lipinski definition) is 2. The third-order valence-corrected chi connectivity index (χ3v) is 4.98. The first kappa shape index (κ1) is 15.6. The minimum absolute atomic E-state index is 0.263. The number of benzene rings is 1. The lowest BCUT2D eigenvalue weighted by molar-refractivity contribution is -0.894. The van der Waals surface area contributed by atoms with Crippen LogP contribution in [0.3, 0.4) is 0 Å². The Morgan fingerprint density at radius 3 is 2.59 bits per heavy atom. The zero-order valence-corrected chi connectivity index (χ0v) is 13.8. The monoisotopic (exact) mass is 342 g/mol. The predicted molar refractivity (Wildman–Crippen MR) is 84.0 cm³/mol. The van der Waals surface area contributed by atoms with E-state index in [0.29, 0.717) is 22.3 Å². The quantitative estimate of drug-likeness (QED) is 0.815. The number of carbonyl (C=O) groups excluding carboxylic acids is 2. The van der Waals surface area contributed by atoms with Gasteiger partial charge in [-0.25, -0.2) is 9.69 Å². The van der Waals surface area contributed by atoms with Crippen LogP contribution in [0.4, 0.5) is 4.79 Å². The van der Waals surface area contributed by atoms with Gasteiger partial charge < -0.3 is 10.2 Å². The van der Waals surface area contributed by atoms with E-state index in [2.05, 4.69) is 5.32 Å². The number of carbonyl (C=O) groups is 2. The van der Waals surface area contributed by atoms with Crippen molar-refractivity contribution in [1.82, 2.24) is 10.2 Å². The average Bonchev–Trinajstić information content (AvgIpc) is 3.02. The SMILES string of the molecule is C[C@]1(c2ccc(Cl)cc2Cl)NC(=O)N(C[NH+]2CCCC2)C1=O. The molecule has 1 aromatic rings. The van der Waals surface area contributed by atoms with Crippen LogP contribution in [0.5, 0.6) is 0 Å². The first-order chi connectivity index (χ1) is 10.4. The molecule has 22 heavy (non-hydrogen) atoms. The normalized spacial score (nSPS) is 25.9. The van der Waals surface area contributed by atoms with E-state index < -0.39 is 5.54 Å². The molecule has 2 N–H and O–H groups in total. The lowest BCUT2D eigenvalue weighted by atomic mass is 9.92. The van der Waals surface area contributed by atoms with E-state index in [4.69, 9.17) is 23.2 Å². The van der Waals surface area contributed by atoms with Gasteiger partial charge in [0.05, 0.1) is 13.1 Å². The van der Waals surface area contributed by atoms with Gasteiger partial charge in [-0.3, -0.25) is 4.79 Å². The predicted octanol–water partition coefficient (Wildman–Crippen LogP) is 1.40. The number of hydrogen-bond acceptors (Lipinski definition) is 2. The summed E-state index contributed by atoms with van der Waals surface area (Å²) >= 11 is 12.1. The van der Waals surface area contributed by atoms with Crippen LogP contribution in [0, 0.1) is 0 Å². The van der Waals surface area contributed by atoms with Crippen molar-refractivity contribution in [3.8, 4) is 0 Å². The molecule has 2 aliphatic rings.